The summed E-state index contributed by atoms with van der Waals surface area (Å²) in [4.78, 5) is 27.2. The molecule has 0 spiro atoms. The minimum absolute atomic E-state index is 0.0275. The second-order valence-corrected chi connectivity index (χ2v) is 5.19. The van der Waals surface area contributed by atoms with E-state index in [0.717, 1.165) is 32.4 Å². The van der Waals surface area contributed by atoms with Gasteiger partial charge in [-0.15, -0.1) is 0 Å². The third kappa shape index (κ3) is 3.70. The van der Waals surface area contributed by atoms with Crippen LogP contribution in [-0.4, -0.2) is 54.3 Å². The molecule has 1 fully saturated rings. The molecule has 2 N–H and O–H groups in total. The van der Waals surface area contributed by atoms with Gasteiger partial charge in [0.15, 0.2) is 0 Å². The van der Waals surface area contributed by atoms with Crippen LogP contribution in [0, 0.1) is 5.92 Å². The van der Waals surface area contributed by atoms with Crippen LogP contribution in [0.15, 0.2) is 0 Å². The van der Waals surface area contributed by atoms with E-state index in [-0.39, 0.29) is 24.3 Å². The van der Waals surface area contributed by atoms with E-state index in [0.29, 0.717) is 0 Å². The standard InChI is InChI=1S/C13H25N3O2/c1-4-10(2)12(14)13(18)15(3)9-11(17)16-7-5-6-8-16/h10,12H,4-9,14H2,1-3H3/t10-,12-/m0/s1. The van der Waals surface area contributed by atoms with Crippen molar-refractivity contribution >= 4 is 11.8 Å². The van der Waals surface area contributed by atoms with Gasteiger partial charge in [0.05, 0.1) is 12.6 Å². The van der Waals surface area contributed by atoms with Gasteiger partial charge in [0, 0.05) is 20.1 Å². The first-order valence-electron chi connectivity index (χ1n) is 6.75. The molecule has 0 radical (unpaired) electrons. The molecule has 0 saturated carbocycles. The van der Waals surface area contributed by atoms with Crippen molar-refractivity contribution in [3.8, 4) is 0 Å². The fourth-order valence-corrected chi connectivity index (χ4v) is 2.10. The normalized spacial score (nSPS) is 18.6. The molecule has 0 bridgehead atoms. The molecule has 2 atom stereocenters. The summed E-state index contributed by atoms with van der Waals surface area (Å²) >= 11 is 0. The fraction of sp³-hybridized carbons (Fsp3) is 0.846. The zero-order valence-electron chi connectivity index (χ0n) is 11.7. The predicted molar refractivity (Wildman–Crippen MR) is 70.9 cm³/mol. The van der Waals surface area contributed by atoms with Crippen LogP contribution in [0.25, 0.3) is 0 Å². The number of likely N-dealkylation sites (tertiary alicyclic amines) is 1. The monoisotopic (exact) mass is 255 g/mol. The molecule has 1 saturated heterocycles. The van der Waals surface area contributed by atoms with E-state index < -0.39 is 6.04 Å². The Balaban J connectivity index is 2.46. The van der Waals surface area contributed by atoms with Crippen LogP contribution in [0.3, 0.4) is 0 Å². The molecule has 104 valence electrons. The van der Waals surface area contributed by atoms with Crippen LogP contribution >= 0.6 is 0 Å². The summed E-state index contributed by atoms with van der Waals surface area (Å²) in [6.45, 7) is 5.74. The molecular weight excluding hydrogens is 230 g/mol. The van der Waals surface area contributed by atoms with Gasteiger partial charge in [-0.3, -0.25) is 9.59 Å². The number of hydrogen-bond acceptors (Lipinski definition) is 3. The van der Waals surface area contributed by atoms with Crippen molar-refractivity contribution in [3.63, 3.8) is 0 Å². The van der Waals surface area contributed by atoms with Gasteiger partial charge < -0.3 is 15.5 Å². The van der Waals surface area contributed by atoms with E-state index in [1.807, 2.05) is 18.7 Å². The summed E-state index contributed by atoms with van der Waals surface area (Å²) in [5.74, 6) is 0.0263. The molecule has 0 aliphatic carbocycles. The summed E-state index contributed by atoms with van der Waals surface area (Å²) < 4.78 is 0. The average Bonchev–Trinajstić information content (AvgIpc) is 2.89. The van der Waals surface area contributed by atoms with Gasteiger partial charge in [-0.2, -0.15) is 0 Å². The number of nitrogens with two attached hydrogens (primary N) is 1. The van der Waals surface area contributed by atoms with E-state index in [2.05, 4.69) is 0 Å². The molecule has 0 aromatic heterocycles. The molecule has 0 aromatic carbocycles. The van der Waals surface area contributed by atoms with Crippen molar-refractivity contribution in [1.82, 2.24) is 9.80 Å². The first kappa shape index (κ1) is 15.0. The van der Waals surface area contributed by atoms with E-state index >= 15 is 0 Å². The molecular formula is C13H25N3O2. The molecule has 0 aromatic rings. The maximum absolute atomic E-state index is 12.0. The van der Waals surface area contributed by atoms with Crippen LogP contribution in [0.4, 0.5) is 0 Å². The predicted octanol–water partition coefficient (Wildman–Crippen LogP) is 0.441. The van der Waals surface area contributed by atoms with E-state index in [1.54, 1.807) is 7.05 Å². The Bertz CT molecular complexity index is 301. The van der Waals surface area contributed by atoms with Crippen molar-refractivity contribution in [2.45, 2.75) is 39.2 Å². The van der Waals surface area contributed by atoms with Gasteiger partial charge in [0.1, 0.15) is 0 Å². The van der Waals surface area contributed by atoms with Crippen molar-refractivity contribution in [1.29, 1.82) is 0 Å². The zero-order valence-corrected chi connectivity index (χ0v) is 11.7. The van der Waals surface area contributed by atoms with Crippen molar-refractivity contribution in [2.75, 3.05) is 26.7 Å². The third-order valence-electron chi connectivity index (χ3n) is 3.75. The first-order valence-corrected chi connectivity index (χ1v) is 6.75. The van der Waals surface area contributed by atoms with Crippen LogP contribution in [0.1, 0.15) is 33.1 Å². The number of hydrogen-bond donors (Lipinski definition) is 1. The van der Waals surface area contributed by atoms with Crippen LogP contribution < -0.4 is 5.73 Å². The summed E-state index contributed by atoms with van der Waals surface area (Å²) in [6, 6.07) is -0.508. The lowest BCUT2D eigenvalue weighted by molar-refractivity contribution is -0.140. The highest BCUT2D eigenvalue weighted by molar-refractivity contribution is 5.87. The number of likely N-dealkylation sites (N-methyl/N-ethyl adjacent to an activating group) is 1. The van der Waals surface area contributed by atoms with Gasteiger partial charge >= 0.3 is 0 Å². The maximum Gasteiger partial charge on any atom is 0.242 e. The molecule has 0 unspecified atom stereocenters. The lowest BCUT2D eigenvalue weighted by Crippen LogP contribution is -2.48. The van der Waals surface area contributed by atoms with Gasteiger partial charge in [-0.1, -0.05) is 20.3 Å². The molecule has 1 aliphatic rings. The Labute approximate surface area is 109 Å². The van der Waals surface area contributed by atoms with E-state index in [9.17, 15) is 9.59 Å². The van der Waals surface area contributed by atoms with Crippen LogP contribution in [0.2, 0.25) is 0 Å². The lowest BCUT2D eigenvalue weighted by atomic mass is 9.99. The second-order valence-electron chi connectivity index (χ2n) is 5.19. The summed E-state index contributed by atoms with van der Waals surface area (Å²) in [5, 5.41) is 0. The van der Waals surface area contributed by atoms with Crippen LogP contribution in [0.5, 0.6) is 0 Å². The topological polar surface area (TPSA) is 66.6 Å². The van der Waals surface area contributed by atoms with Crippen molar-refractivity contribution in [3.05, 3.63) is 0 Å². The molecule has 2 amide bonds. The van der Waals surface area contributed by atoms with Gasteiger partial charge in [-0.05, 0) is 18.8 Å². The highest BCUT2D eigenvalue weighted by Crippen LogP contribution is 2.10. The molecule has 18 heavy (non-hydrogen) atoms. The number of rotatable bonds is 5. The minimum atomic E-state index is -0.508. The summed E-state index contributed by atoms with van der Waals surface area (Å²) in [5.41, 5.74) is 5.89. The molecule has 1 rings (SSSR count). The molecule has 1 heterocycles. The zero-order chi connectivity index (χ0) is 13.7. The largest absolute Gasteiger partial charge is 0.341 e. The van der Waals surface area contributed by atoms with Crippen molar-refractivity contribution < 1.29 is 9.59 Å². The number of carbonyl (C=O) groups excluding carboxylic acids is 2. The average molecular weight is 255 g/mol. The highest BCUT2D eigenvalue weighted by Gasteiger charge is 2.26. The summed E-state index contributed by atoms with van der Waals surface area (Å²) in [7, 11) is 1.65. The molecule has 5 heteroatoms. The number of carbonyl (C=O) groups is 2. The molecule has 5 nitrogen and oxygen atoms in total. The smallest absolute Gasteiger partial charge is 0.242 e. The Kier molecular flexibility index (Phi) is 5.59. The Morgan fingerprint density at radius 1 is 1.33 bits per heavy atom. The van der Waals surface area contributed by atoms with Crippen LogP contribution in [-0.2, 0) is 9.59 Å². The highest BCUT2D eigenvalue weighted by atomic mass is 16.2. The second kappa shape index (κ2) is 6.73. The molecule has 1 aliphatic heterocycles. The van der Waals surface area contributed by atoms with E-state index in [4.69, 9.17) is 5.73 Å². The number of nitrogens with zero attached hydrogens (tertiary/aromatic N) is 2. The van der Waals surface area contributed by atoms with E-state index in [1.165, 1.54) is 4.90 Å². The lowest BCUT2D eigenvalue weighted by Gasteiger charge is -2.26. The SMILES string of the molecule is CC[C@H](C)[C@H](N)C(=O)N(C)CC(=O)N1CCCC1. The third-order valence-corrected chi connectivity index (χ3v) is 3.75. The quantitative estimate of drug-likeness (QED) is 0.775. The first-order chi connectivity index (χ1) is 8.47. The summed E-state index contributed by atoms with van der Waals surface area (Å²) in [6.07, 6.45) is 2.99. The maximum atomic E-state index is 12.0. The minimum Gasteiger partial charge on any atom is -0.341 e. The Hall–Kier alpha value is -1.10. The van der Waals surface area contributed by atoms with Gasteiger partial charge in [-0.25, -0.2) is 0 Å². The van der Waals surface area contributed by atoms with Gasteiger partial charge in [0.25, 0.3) is 0 Å². The Morgan fingerprint density at radius 2 is 1.89 bits per heavy atom. The Morgan fingerprint density at radius 3 is 2.39 bits per heavy atom. The number of amides is 2. The fourth-order valence-electron chi connectivity index (χ4n) is 2.10. The van der Waals surface area contributed by atoms with Crippen molar-refractivity contribution in [2.24, 2.45) is 11.7 Å². The van der Waals surface area contributed by atoms with Gasteiger partial charge in [0.2, 0.25) is 11.8 Å².